The molecule has 0 N–H and O–H groups in total. The van der Waals surface area contributed by atoms with E-state index in [1.54, 1.807) is 35.5 Å². The second kappa shape index (κ2) is 8.80. The van der Waals surface area contributed by atoms with Gasteiger partial charge in [0.15, 0.2) is 0 Å². The molecule has 1 aromatic heterocycles. The Morgan fingerprint density at radius 3 is 2.74 bits per heavy atom. The Labute approximate surface area is 167 Å². The minimum atomic E-state index is -0.388. The van der Waals surface area contributed by atoms with Gasteiger partial charge in [0, 0.05) is 38.5 Å². The van der Waals surface area contributed by atoms with Crippen molar-refractivity contribution >= 4 is 27.9 Å². The van der Waals surface area contributed by atoms with E-state index in [9.17, 15) is 9.18 Å². The zero-order valence-electron chi connectivity index (χ0n) is 15.6. The Hall–Kier alpha value is -1.99. The summed E-state index contributed by atoms with van der Waals surface area (Å²) in [6.45, 7) is 5.27. The molecule has 1 fully saturated rings. The van der Waals surface area contributed by atoms with E-state index in [2.05, 4.69) is 32.9 Å². The molecule has 0 saturated carbocycles. The molecule has 7 heteroatoms. The number of likely N-dealkylation sites (tertiary alicyclic amines) is 1. The lowest BCUT2D eigenvalue weighted by molar-refractivity contribution is -0.127. The van der Waals surface area contributed by atoms with E-state index in [0.29, 0.717) is 11.3 Å². The molecule has 27 heavy (non-hydrogen) atoms. The molecule has 0 spiro atoms. The maximum atomic E-state index is 14.4. The van der Waals surface area contributed by atoms with Crippen molar-refractivity contribution in [2.45, 2.75) is 25.8 Å². The van der Waals surface area contributed by atoms with Gasteiger partial charge in [-0.25, -0.2) is 9.07 Å². The maximum absolute atomic E-state index is 14.4. The van der Waals surface area contributed by atoms with Gasteiger partial charge in [0.25, 0.3) is 0 Å². The molecule has 5 nitrogen and oxygen atoms in total. The monoisotopic (exact) mass is 434 g/mol. The average Bonchev–Trinajstić information content (AvgIpc) is 3.11. The summed E-state index contributed by atoms with van der Waals surface area (Å²) >= 11 is 3.30. The van der Waals surface area contributed by atoms with Crippen LogP contribution in [-0.4, -0.2) is 58.2 Å². The number of carbonyl (C=O) groups excluding carboxylic acids is 1. The average molecular weight is 435 g/mol. The molecular weight excluding hydrogens is 411 g/mol. The minimum absolute atomic E-state index is 0.0505. The number of likely N-dealkylation sites (N-methyl/N-ethyl adjacent to an activating group) is 1. The van der Waals surface area contributed by atoms with E-state index < -0.39 is 0 Å². The van der Waals surface area contributed by atoms with Gasteiger partial charge in [-0.05, 0) is 59.1 Å². The van der Waals surface area contributed by atoms with E-state index in [4.69, 9.17) is 0 Å². The summed E-state index contributed by atoms with van der Waals surface area (Å²) < 4.78 is 16.6. The second-order valence-corrected chi connectivity index (χ2v) is 7.68. The molecule has 1 aromatic carbocycles. The summed E-state index contributed by atoms with van der Waals surface area (Å²) in [4.78, 5) is 16.7. The standard InChI is InChI=1S/C20H24BrFN4O/c1-3-25-10-8-17(9-11-25)24(2)20(27)7-5-15-4-6-19(18(22)12-15)26-14-16(21)13-23-26/h4-7,12-14,17H,3,8-11H2,1-2H3/b7-5+. The Kier molecular flexibility index (Phi) is 6.44. The van der Waals surface area contributed by atoms with Gasteiger partial charge in [-0.2, -0.15) is 5.10 Å². The summed E-state index contributed by atoms with van der Waals surface area (Å²) in [5, 5.41) is 4.08. The van der Waals surface area contributed by atoms with Crippen LogP contribution in [0.2, 0.25) is 0 Å². The predicted molar refractivity (Wildman–Crippen MR) is 108 cm³/mol. The Morgan fingerprint density at radius 1 is 1.41 bits per heavy atom. The number of carbonyl (C=O) groups is 1. The van der Waals surface area contributed by atoms with Crippen LogP contribution in [0.15, 0.2) is 41.1 Å². The minimum Gasteiger partial charge on any atom is -0.339 e. The van der Waals surface area contributed by atoms with Gasteiger partial charge in [-0.15, -0.1) is 0 Å². The van der Waals surface area contributed by atoms with Gasteiger partial charge in [0.2, 0.25) is 5.91 Å². The van der Waals surface area contributed by atoms with Gasteiger partial charge in [0.05, 0.1) is 10.7 Å². The highest BCUT2D eigenvalue weighted by Gasteiger charge is 2.23. The van der Waals surface area contributed by atoms with Gasteiger partial charge in [0.1, 0.15) is 11.5 Å². The van der Waals surface area contributed by atoms with E-state index in [1.807, 2.05) is 7.05 Å². The van der Waals surface area contributed by atoms with Crippen molar-refractivity contribution in [2.75, 3.05) is 26.7 Å². The zero-order chi connectivity index (χ0) is 19.4. The van der Waals surface area contributed by atoms with Crippen LogP contribution in [0.25, 0.3) is 11.8 Å². The van der Waals surface area contributed by atoms with Crippen LogP contribution >= 0.6 is 15.9 Å². The van der Waals surface area contributed by atoms with Crippen LogP contribution in [0, 0.1) is 5.82 Å². The van der Waals surface area contributed by atoms with Gasteiger partial charge < -0.3 is 9.80 Å². The van der Waals surface area contributed by atoms with Crippen LogP contribution in [0.1, 0.15) is 25.3 Å². The number of aromatic nitrogens is 2. The van der Waals surface area contributed by atoms with Crippen molar-refractivity contribution in [3.8, 4) is 5.69 Å². The number of nitrogens with zero attached hydrogens (tertiary/aromatic N) is 4. The number of hydrogen-bond donors (Lipinski definition) is 0. The maximum Gasteiger partial charge on any atom is 0.246 e. The van der Waals surface area contributed by atoms with Crippen LogP contribution in [0.4, 0.5) is 4.39 Å². The number of benzene rings is 1. The Balaban J connectivity index is 1.63. The molecule has 1 aliphatic rings. The molecule has 1 aliphatic heterocycles. The summed E-state index contributed by atoms with van der Waals surface area (Å²) in [6.07, 6.45) is 8.46. The number of halogens is 2. The van der Waals surface area contributed by atoms with Crippen LogP contribution in [0.3, 0.4) is 0 Å². The van der Waals surface area contributed by atoms with E-state index in [1.165, 1.54) is 16.8 Å². The molecule has 1 saturated heterocycles. The molecule has 0 bridgehead atoms. The molecule has 2 heterocycles. The number of amides is 1. The fourth-order valence-electron chi connectivity index (χ4n) is 3.33. The van der Waals surface area contributed by atoms with Crippen molar-refractivity contribution in [3.05, 3.63) is 52.5 Å². The topological polar surface area (TPSA) is 41.4 Å². The highest BCUT2D eigenvalue weighted by atomic mass is 79.9. The van der Waals surface area contributed by atoms with E-state index in [0.717, 1.165) is 36.9 Å². The summed E-state index contributed by atoms with van der Waals surface area (Å²) in [6, 6.07) is 5.11. The molecule has 2 aromatic rings. The third-order valence-electron chi connectivity index (χ3n) is 5.09. The van der Waals surface area contributed by atoms with Gasteiger partial charge in [-0.1, -0.05) is 13.0 Å². The largest absolute Gasteiger partial charge is 0.339 e. The third kappa shape index (κ3) is 4.84. The van der Waals surface area contributed by atoms with Crippen LogP contribution in [0.5, 0.6) is 0 Å². The lowest BCUT2D eigenvalue weighted by Gasteiger charge is -2.35. The Bertz CT molecular complexity index is 827. The molecule has 3 rings (SSSR count). The molecular formula is C20H24BrFN4O. The first kappa shape index (κ1) is 19.8. The van der Waals surface area contributed by atoms with E-state index in [-0.39, 0.29) is 17.8 Å². The van der Waals surface area contributed by atoms with Gasteiger partial charge in [-0.3, -0.25) is 4.79 Å². The Morgan fingerprint density at radius 2 is 2.15 bits per heavy atom. The molecule has 0 atom stereocenters. The van der Waals surface area contributed by atoms with Crippen molar-refractivity contribution < 1.29 is 9.18 Å². The van der Waals surface area contributed by atoms with Gasteiger partial charge >= 0.3 is 0 Å². The second-order valence-electron chi connectivity index (χ2n) is 6.76. The molecule has 1 amide bonds. The quantitative estimate of drug-likeness (QED) is 0.673. The first-order chi connectivity index (χ1) is 13.0. The van der Waals surface area contributed by atoms with Crippen molar-refractivity contribution in [1.82, 2.24) is 19.6 Å². The van der Waals surface area contributed by atoms with Crippen molar-refractivity contribution in [3.63, 3.8) is 0 Å². The molecule has 0 aliphatic carbocycles. The smallest absolute Gasteiger partial charge is 0.246 e. The summed E-state index contributed by atoms with van der Waals surface area (Å²) in [5.41, 5.74) is 1.01. The number of piperidine rings is 1. The highest BCUT2D eigenvalue weighted by molar-refractivity contribution is 9.10. The predicted octanol–water partition coefficient (Wildman–Crippen LogP) is 3.73. The normalized spacial score (nSPS) is 16.1. The fraction of sp³-hybridized carbons (Fsp3) is 0.400. The van der Waals surface area contributed by atoms with E-state index >= 15 is 0 Å². The molecule has 0 unspecified atom stereocenters. The first-order valence-electron chi connectivity index (χ1n) is 9.15. The summed E-state index contributed by atoms with van der Waals surface area (Å²) in [7, 11) is 1.85. The van der Waals surface area contributed by atoms with Crippen molar-refractivity contribution in [1.29, 1.82) is 0 Å². The molecule has 144 valence electrons. The highest BCUT2D eigenvalue weighted by Crippen LogP contribution is 2.19. The first-order valence-corrected chi connectivity index (χ1v) is 9.94. The number of hydrogen-bond acceptors (Lipinski definition) is 3. The molecule has 0 radical (unpaired) electrons. The van der Waals surface area contributed by atoms with Crippen LogP contribution < -0.4 is 0 Å². The van der Waals surface area contributed by atoms with Crippen LogP contribution in [-0.2, 0) is 4.79 Å². The number of rotatable bonds is 5. The fourth-order valence-corrected chi connectivity index (χ4v) is 3.62. The lowest BCUT2D eigenvalue weighted by Crippen LogP contribution is -2.45. The lowest BCUT2D eigenvalue weighted by atomic mass is 10.0. The van der Waals surface area contributed by atoms with Crippen molar-refractivity contribution in [2.24, 2.45) is 0 Å². The summed E-state index contributed by atoms with van der Waals surface area (Å²) in [5.74, 6) is -0.439. The third-order valence-corrected chi connectivity index (χ3v) is 5.50. The zero-order valence-corrected chi connectivity index (χ0v) is 17.2. The SMILES string of the molecule is CCN1CCC(N(C)C(=O)/C=C/c2ccc(-n3cc(Br)cn3)c(F)c2)CC1.